The van der Waals surface area contributed by atoms with Crippen molar-refractivity contribution in [2.45, 2.75) is 26.7 Å². The molecule has 6 heteroatoms. The van der Waals surface area contributed by atoms with E-state index in [0.29, 0.717) is 0 Å². The zero-order valence-corrected chi connectivity index (χ0v) is 14.2. The lowest BCUT2D eigenvalue weighted by molar-refractivity contribution is -0.124. The third kappa shape index (κ3) is 6.10. The Morgan fingerprint density at radius 1 is 1.00 bits per heavy atom. The van der Waals surface area contributed by atoms with Gasteiger partial charge in [0.1, 0.15) is 5.75 Å². The van der Waals surface area contributed by atoms with Crippen LogP contribution in [0.25, 0.3) is 0 Å². The van der Waals surface area contributed by atoms with Gasteiger partial charge in [0.15, 0.2) is 0 Å². The van der Waals surface area contributed by atoms with E-state index in [0.717, 1.165) is 22.4 Å². The summed E-state index contributed by atoms with van der Waals surface area (Å²) in [6, 6.07) is 12.1. The molecule has 2 aromatic rings. The van der Waals surface area contributed by atoms with Gasteiger partial charge < -0.3 is 10.4 Å². The van der Waals surface area contributed by atoms with E-state index in [-0.39, 0.29) is 30.4 Å². The molecule has 2 amide bonds. The van der Waals surface area contributed by atoms with E-state index >= 15 is 0 Å². The summed E-state index contributed by atoms with van der Waals surface area (Å²) >= 11 is 0. The summed E-state index contributed by atoms with van der Waals surface area (Å²) in [5, 5.41) is 15.8. The number of hydrazone groups is 1. The Labute approximate surface area is 146 Å². The van der Waals surface area contributed by atoms with Crippen LogP contribution in [-0.2, 0) is 9.59 Å². The van der Waals surface area contributed by atoms with Crippen LogP contribution < -0.4 is 10.7 Å². The first-order valence-corrected chi connectivity index (χ1v) is 7.92. The molecule has 0 aromatic heterocycles. The Bertz CT molecular complexity index is 783. The monoisotopic (exact) mass is 339 g/mol. The lowest BCUT2D eigenvalue weighted by Crippen LogP contribution is -2.20. The SMILES string of the molecule is Cc1ccc(NC(=O)CCC(=O)N/N=C\c2ccc(O)cc2)cc1C. The van der Waals surface area contributed by atoms with Crippen molar-refractivity contribution in [2.75, 3.05) is 5.32 Å². The maximum Gasteiger partial charge on any atom is 0.240 e. The molecule has 0 radical (unpaired) electrons. The number of amides is 2. The van der Waals surface area contributed by atoms with Crippen molar-refractivity contribution in [3.05, 3.63) is 59.2 Å². The first kappa shape index (κ1) is 18.2. The van der Waals surface area contributed by atoms with Crippen LogP contribution in [0, 0.1) is 13.8 Å². The van der Waals surface area contributed by atoms with Gasteiger partial charge in [-0.05, 0) is 66.9 Å². The highest BCUT2D eigenvalue weighted by Gasteiger charge is 2.07. The zero-order chi connectivity index (χ0) is 18.2. The van der Waals surface area contributed by atoms with E-state index in [2.05, 4.69) is 15.8 Å². The van der Waals surface area contributed by atoms with Crippen LogP contribution in [0.2, 0.25) is 0 Å². The van der Waals surface area contributed by atoms with E-state index in [4.69, 9.17) is 0 Å². The van der Waals surface area contributed by atoms with E-state index in [1.54, 1.807) is 12.1 Å². The predicted molar refractivity (Wildman–Crippen MR) is 97.6 cm³/mol. The van der Waals surface area contributed by atoms with Crippen LogP contribution in [-0.4, -0.2) is 23.1 Å². The van der Waals surface area contributed by atoms with Crippen molar-refractivity contribution in [3.8, 4) is 5.75 Å². The molecule has 0 aliphatic heterocycles. The maximum absolute atomic E-state index is 11.9. The molecule has 0 heterocycles. The zero-order valence-electron chi connectivity index (χ0n) is 14.2. The maximum atomic E-state index is 11.9. The van der Waals surface area contributed by atoms with Crippen molar-refractivity contribution in [3.63, 3.8) is 0 Å². The summed E-state index contributed by atoms with van der Waals surface area (Å²) in [7, 11) is 0. The smallest absolute Gasteiger partial charge is 0.240 e. The molecule has 0 fully saturated rings. The molecule has 0 saturated heterocycles. The molecule has 130 valence electrons. The lowest BCUT2D eigenvalue weighted by atomic mass is 10.1. The normalized spacial score (nSPS) is 10.6. The number of rotatable bonds is 6. The highest BCUT2D eigenvalue weighted by molar-refractivity contribution is 5.93. The van der Waals surface area contributed by atoms with Gasteiger partial charge in [-0.1, -0.05) is 6.07 Å². The molecule has 0 bridgehead atoms. The number of hydrogen-bond acceptors (Lipinski definition) is 4. The number of aromatic hydroxyl groups is 1. The number of aryl methyl sites for hydroxylation is 2. The van der Waals surface area contributed by atoms with Gasteiger partial charge >= 0.3 is 0 Å². The Kier molecular flexibility index (Phi) is 6.28. The highest BCUT2D eigenvalue weighted by atomic mass is 16.3. The number of nitrogens with one attached hydrogen (secondary N) is 2. The van der Waals surface area contributed by atoms with Gasteiger partial charge in [0.25, 0.3) is 0 Å². The molecule has 3 N–H and O–H groups in total. The molecule has 25 heavy (non-hydrogen) atoms. The van der Waals surface area contributed by atoms with Gasteiger partial charge in [0, 0.05) is 18.5 Å². The van der Waals surface area contributed by atoms with Crippen LogP contribution in [0.1, 0.15) is 29.5 Å². The van der Waals surface area contributed by atoms with Crippen molar-refractivity contribution in [1.82, 2.24) is 5.43 Å². The second-order valence-electron chi connectivity index (χ2n) is 5.73. The topological polar surface area (TPSA) is 90.8 Å². The molecule has 0 unspecified atom stereocenters. The second-order valence-corrected chi connectivity index (χ2v) is 5.73. The second kappa shape index (κ2) is 8.63. The largest absolute Gasteiger partial charge is 0.508 e. The number of phenols is 1. The number of carbonyl (C=O) groups is 2. The van der Waals surface area contributed by atoms with Crippen LogP contribution in [0.15, 0.2) is 47.6 Å². The summed E-state index contributed by atoms with van der Waals surface area (Å²) in [6.45, 7) is 3.98. The minimum absolute atomic E-state index is 0.0452. The highest BCUT2D eigenvalue weighted by Crippen LogP contribution is 2.14. The van der Waals surface area contributed by atoms with Gasteiger partial charge in [0.2, 0.25) is 11.8 Å². The Morgan fingerprint density at radius 2 is 1.68 bits per heavy atom. The van der Waals surface area contributed by atoms with Crippen LogP contribution in [0.3, 0.4) is 0 Å². The Morgan fingerprint density at radius 3 is 2.36 bits per heavy atom. The Hall–Kier alpha value is -3.15. The van der Waals surface area contributed by atoms with Crippen LogP contribution >= 0.6 is 0 Å². The van der Waals surface area contributed by atoms with E-state index < -0.39 is 0 Å². The number of carbonyl (C=O) groups excluding carboxylic acids is 2. The van der Waals surface area contributed by atoms with Crippen molar-refractivity contribution < 1.29 is 14.7 Å². The summed E-state index contributed by atoms with van der Waals surface area (Å²) < 4.78 is 0. The summed E-state index contributed by atoms with van der Waals surface area (Å²) in [4.78, 5) is 23.6. The Balaban J connectivity index is 1.74. The third-order valence-electron chi connectivity index (χ3n) is 3.67. The molecular formula is C19H21N3O3. The molecular weight excluding hydrogens is 318 g/mol. The van der Waals surface area contributed by atoms with E-state index in [9.17, 15) is 14.7 Å². The molecule has 0 saturated carbocycles. The molecule has 6 nitrogen and oxygen atoms in total. The fraction of sp³-hybridized carbons (Fsp3) is 0.211. The standard InChI is InChI=1S/C19H21N3O3/c1-13-3-6-16(11-14(13)2)21-18(24)9-10-19(25)22-20-12-15-4-7-17(23)8-5-15/h3-8,11-12,23H,9-10H2,1-2H3,(H,21,24)(H,22,25)/b20-12-. The average molecular weight is 339 g/mol. The van der Waals surface area contributed by atoms with Gasteiger partial charge in [-0.2, -0.15) is 5.10 Å². The number of hydrogen-bond donors (Lipinski definition) is 3. The van der Waals surface area contributed by atoms with Gasteiger partial charge in [-0.25, -0.2) is 5.43 Å². The van der Waals surface area contributed by atoms with Crippen molar-refractivity contribution in [1.29, 1.82) is 0 Å². The van der Waals surface area contributed by atoms with Crippen molar-refractivity contribution >= 4 is 23.7 Å². The molecule has 0 aliphatic rings. The minimum atomic E-state index is -0.342. The summed E-state index contributed by atoms with van der Waals surface area (Å²) in [5.74, 6) is -0.401. The summed E-state index contributed by atoms with van der Waals surface area (Å²) in [6.07, 6.45) is 1.59. The van der Waals surface area contributed by atoms with Gasteiger partial charge in [-0.15, -0.1) is 0 Å². The van der Waals surface area contributed by atoms with Crippen LogP contribution in [0.4, 0.5) is 5.69 Å². The molecule has 0 aliphatic carbocycles. The van der Waals surface area contributed by atoms with Gasteiger partial charge in [-0.3, -0.25) is 9.59 Å². The number of benzene rings is 2. The van der Waals surface area contributed by atoms with E-state index in [1.165, 1.54) is 18.3 Å². The number of nitrogens with zero attached hydrogens (tertiary/aromatic N) is 1. The van der Waals surface area contributed by atoms with Crippen molar-refractivity contribution in [2.24, 2.45) is 5.10 Å². The van der Waals surface area contributed by atoms with E-state index in [1.807, 2.05) is 32.0 Å². The van der Waals surface area contributed by atoms with Crippen LogP contribution in [0.5, 0.6) is 5.75 Å². The minimum Gasteiger partial charge on any atom is -0.508 e. The molecule has 0 atom stereocenters. The first-order chi connectivity index (χ1) is 11.9. The average Bonchev–Trinajstić information content (AvgIpc) is 2.58. The predicted octanol–water partition coefficient (Wildman–Crippen LogP) is 2.88. The summed E-state index contributed by atoms with van der Waals surface area (Å²) in [5.41, 5.74) is 6.08. The molecule has 2 aromatic carbocycles. The number of anilines is 1. The fourth-order valence-corrected chi connectivity index (χ4v) is 2.06. The van der Waals surface area contributed by atoms with Gasteiger partial charge in [0.05, 0.1) is 6.21 Å². The quantitative estimate of drug-likeness (QED) is 0.558. The lowest BCUT2D eigenvalue weighted by Gasteiger charge is -2.07. The fourth-order valence-electron chi connectivity index (χ4n) is 2.06. The first-order valence-electron chi connectivity index (χ1n) is 7.92. The third-order valence-corrected chi connectivity index (χ3v) is 3.67. The molecule has 0 spiro atoms. The molecule has 2 rings (SSSR count). The number of phenolic OH excluding ortho intramolecular Hbond substituents is 1.